The van der Waals surface area contributed by atoms with E-state index in [1.807, 2.05) is 12.1 Å². The predicted molar refractivity (Wildman–Crippen MR) is 134 cm³/mol. The molecule has 0 atom stereocenters. The molecule has 27 heavy (non-hydrogen) atoms. The number of aryl methyl sites for hydroxylation is 1. The normalized spacial score (nSPS) is 10.0. The lowest BCUT2D eigenvalue weighted by Crippen LogP contribution is -1.83. The van der Waals surface area contributed by atoms with Crippen LogP contribution in [0.4, 0.5) is 0 Å². The Bertz CT molecular complexity index is 976. The summed E-state index contributed by atoms with van der Waals surface area (Å²) < 4.78 is 2.59. The van der Waals surface area contributed by atoms with E-state index >= 15 is 0 Å². The van der Waals surface area contributed by atoms with Gasteiger partial charge < -0.3 is 0 Å². The van der Waals surface area contributed by atoms with E-state index in [-0.39, 0.29) is 0 Å². The summed E-state index contributed by atoms with van der Waals surface area (Å²) in [7, 11) is 0. The second kappa shape index (κ2) is 10.0. The van der Waals surface area contributed by atoms with E-state index in [9.17, 15) is 0 Å². The number of benzene rings is 4. The van der Waals surface area contributed by atoms with Crippen molar-refractivity contribution in [3.05, 3.63) is 116 Å². The maximum Gasteiger partial charge on any atom is 0.0211 e. The third kappa shape index (κ3) is 5.91. The van der Waals surface area contributed by atoms with Crippen LogP contribution in [0.15, 0.2) is 103 Å². The fourth-order valence-electron chi connectivity index (χ4n) is 2.74. The van der Waals surface area contributed by atoms with Crippen molar-refractivity contribution < 1.29 is 0 Å². The molecule has 0 saturated carbocycles. The predicted octanol–water partition coefficient (Wildman–Crippen LogP) is 8.22. The minimum Gasteiger partial charge on any atom is -0.0622 e. The molecule has 0 fully saturated rings. The molecule has 2 heteroatoms. The Hall–Kier alpha value is -1.66. The van der Waals surface area contributed by atoms with Crippen LogP contribution in [0.25, 0.3) is 22.3 Å². The maximum atomic E-state index is 2.39. The second-order valence-electron chi connectivity index (χ2n) is 6.22. The monoisotopic (exact) mass is 574 g/mol. The van der Waals surface area contributed by atoms with Crippen molar-refractivity contribution in [3.63, 3.8) is 0 Å². The zero-order chi connectivity index (χ0) is 19.1. The SMILES string of the molecule is Cc1ccc(-c2ccccc2)c(I)c1.Ic1ccc(-c2ccccc2)cc1. The fourth-order valence-corrected chi connectivity index (χ4v) is 4.09. The van der Waals surface area contributed by atoms with Crippen molar-refractivity contribution >= 4 is 45.2 Å². The number of halogens is 2. The third-order valence-electron chi connectivity index (χ3n) is 4.16. The van der Waals surface area contributed by atoms with E-state index in [1.165, 1.54) is 35.0 Å². The molecular weight excluding hydrogens is 554 g/mol. The third-order valence-corrected chi connectivity index (χ3v) is 5.77. The summed E-state index contributed by atoms with van der Waals surface area (Å²) in [5.41, 5.74) is 6.47. The number of rotatable bonds is 2. The van der Waals surface area contributed by atoms with Gasteiger partial charge in [0.15, 0.2) is 0 Å². The van der Waals surface area contributed by atoms with Gasteiger partial charge >= 0.3 is 0 Å². The first-order valence-electron chi connectivity index (χ1n) is 8.76. The first-order valence-corrected chi connectivity index (χ1v) is 10.9. The molecule has 4 aromatic carbocycles. The minimum absolute atomic E-state index is 1.28. The van der Waals surface area contributed by atoms with Crippen molar-refractivity contribution in [2.75, 3.05) is 0 Å². The Kier molecular flexibility index (Phi) is 7.47. The second-order valence-corrected chi connectivity index (χ2v) is 8.63. The van der Waals surface area contributed by atoms with E-state index < -0.39 is 0 Å². The number of hydrogen-bond acceptors (Lipinski definition) is 0. The first-order chi connectivity index (χ1) is 13.1. The molecule has 134 valence electrons. The molecular formula is C25H20I2. The van der Waals surface area contributed by atoms with E-state index in [1.54, 1.807) is 0 Å². The van der Waals surface area contributed by atoms with Gasteiger partial charge in [0, 0.05) is 7.14 Å². The molecule has 0 radical (unpaired) electrons. The molecule has 0 nitrogen and oxygen atoms in total. The highest BCUT2D eigenvalue weighted by Gasteiger charge is 2.01. The lowest BCUT2D eigenvalue weighted by atomic mass is 10.0. The fraction of sp³-hybridized carbons (Fsp3) is 0.0400. The molecule has 0 aliphatic heterocycles. The average Bonchev–Trinajstić information content (AvgIpc) is 2.70. The summed E-state index contributed by atoms with van der Waals surface area (Å²) >= 11 is 4.71. The van der Waals surface area contributed by atoms with E-state index in [2.05, 4.69) is 143 Å². The maximum absolute atomic E-state index is 2.39. The largest absolute Gasteiger partial charge is 0.0622 e. The van der Waals surface area contributed by atoms with Crippen LogP contribution in [-0.4, -0.2) is 0 Å². The van der Waals surface area contributed by atoms with Crippen LogP contribution in [0, 0.1) is 14.1 Å². The highest BCUT2D eigenvalue weighted by molar-refractivity contribution is 14.1. The molecule has 0 unspecified atom stereocenters. The van der Waals surface area contributed by atoms with Crippen molar-refractivity contribution in [1.82, 2.24) is 0 Å². The van der Waals surface area contributed by atoms with Gasteiger partial charge in [0.25, 0.3) is 0 Å². The lowest BCUT2D eigenvalue weighted by molar-refractivity contribution is 1.44. The van der Waals surface area contributed by atoms with Gasteiger partial charge in [-0.1, -0.05) is 90.5 Å². The van der Waals surface area contributed by atoms with Gasteiger partial charge in [0.1, 0.15) is 0 Å². The van der Waals surface area contributed by atoms with Gasteiger partial charge in [-0.05, 0) is 92.6 Å². The van der Waals surface area contributed by atoms with Gasteiger partial charge in [-0.3, -0.25) is 0 Å². The Morgan fingerprint density at radius 3 is 1.59 bits per heavy atom. The average molecular weight is 574 g/mol. The molecule has 0 amide bonds. The molecule has 0 aromatic heterocycles. The Balaban J connectivity index is 0.000000156. The van der Waals surface area contributed by atoms with Crippen molar-refractivity contribution in [2.45, 2.75) is 6.92 Å². The van der Waals surface area contributed by atoms with Crippen LogP contribution in [-0.2, 0) is 0 Å². The standard InChI is InChI=1S/C13H11I.C12H9I/c1-10-7-8-12(13(14)9-10)11-5-3-2-4-6-11;13-12-8-6-11(7-9-12)10-4-2-1-3-5-10/h2-9H,1H3;1-9H. The molecule has 0 aliphatic rings. The zero-order valence-electron chi connectivity index (χ0n) is 15.1. The molecule has 0 spiro atoms. The van der Waals surface area contributed by atoms with Crippen molar-refractivity contribution in [1.29, 1.82) is 0 Å². The molecule has 0 aliphatic carbocycles. The molecule has 0 saturated heterocycles. The Labute approximate surface area is 188 Å². The highest BCUT2D eigenvalue weighted by atomic mass is 127. The van der Waals surface area contributed by atoms with Crippen LogP contribution >= 0.6 is 45.2 Å². The molecule has 0 heterocycles. The summed E-state index contributed by atoms with van der Waals surface area (Å²) in [6.45, 7) is 2.12. The van der Waals surface area contributed by atoms with Crippen LogP contribution < -0.4 is 0 Å². The van der Waals surface area contributed by atoms with Gasteiger partial charge in [-0.2, -0.15) is 0 Å². The van der Waals surface area contributed by atoms with Crippen molar-refractivity contribution in [3.8, 4) is 22.3 Å². The van der Waals surface area contributed by atoms with E-state index in [4.69, 9.17) is 0 Å². The van der Waals surface area contributed by atoms with Crippen LogP contribution in [0.5, 0.6) is 0 Å². The minimum atomic E-state index is 1.28. The summed E-state index contributed by atoms with van der Waals surface area (Å²) in [5.74, 6) is 0. The van der Waals surface area contributed by atoms with Crippen LogP contribution in [0.1, 0.15) is 5.56 Å². The van der Waals surface area contributed by atoms with Crippen LogP contribution in [0.2, 0.25) is 0 Å². The van der Waals surface area contributed by atoms with Crippen molar-refractivity contribution in [2.24, 2.45) is 0 Å². The van der Waals surface area contributed by atoms with Gasteiger partial charge in [0.2, 0.25) is 0 Å². The topological polar surface area (TPSA) is 0 Å². The molecule has 0 bridgehead atoms. The van der Waals surface area contributed by atoms with Gasteiger partial charge in [-0.15, -0.1) is 0 Å². The summed E-state index contributed by atoms with van der Waals surface area (Å²) in [6.07, 6.45) is 0. The highest BCUT2D eigenvalue weighted by Crippen LogP contribution is 2.25. The number of hydrogen-bond donors (Lipinski definition) is 0. The Morgan fingerprint density at radius 2 is 1.04 bits per heavy atom. The van der Waals surface area contributed by atoms with Crippen LogP contribution in [0.3, 0.4) is 0 Å². The molecule has 0 N–H and O–H groups in total. The van der Waals surface area contributed by atoms with Gasteiger partial charge in [0.05, 0.1) is 0 Å². The molecule has 4 rings (SSSR count). The first kappa shape index (κ1) is 20.1. The summed E-state index contributed by atoms with van der Waals surface area (Å²) in [5, 5.41) is 0. The van der Waals surface area contributed by atoms with E-state index in [0.717, 1.165) is 0 Å². The lowest BCUT2D eigenvalue weighted by Gasteiger charge is -2.05. The quantitative estimate of drug-likeness (QED) is 0.212. The summed E-state index contributed by atoms with van der Waals surface area (Å²) in [6, 6.07) is 36.0. The van der Waals surface area contributed by atoms with E-state index in [0.29, 0.717) is 0 Å². The summed E-state index contributed by atoms with van der Waals surface area (Å²) in [4.78, 5) is 0. The Morgan fingerprint density at radius 1 is 0.519 bits per heavy atom. The smallest absolute Gasteiger partial charge is 0.0211 e. The molecule has 4 aromatic rings. The van der Waals surface area contributed by atoms with Gasteiger partial charge in [-0.25, -0.2) is 0 Å². The zero-order valence-corrected chi connectivity index (χ0v) is 19.4.